The van der Waals surface area contributed by atoms with Gasteiger partial charge in [-0.3, -0.25) is 9.58 Å². The fourth-order valence-electron chi connectivity index (χ4n) is 5.29. The number of hydrogen-bond acceptors (Lipinski definition) is 8. The zero-order chi connectivity index (χ0) is 27.0. The molecule has 1 aliphatic carbocycles. The van der Waals surface area contributed by atoms with Gasteiger partial charge in [0.1, 0.15) is 11.5 Å². The van der Waals surface area contributed by atoms with E-state index in [1.165, 1.54) is 38.3 Å². The van der Waals surface area contributed by atoms with Gasteiger partial charge in [0, 0.05) is 43.5 Å². The van der Waals surface area contributed by atoms with E-state index in [1.54, 1.807) is 17.4 Å². The first-order chi connectivity index (χ1) is 19.1. The number of thiazole rings is 1. The lowest BCUT2D eigenvalue weighted by atomic mass is 9.85. The highest BCUT2D eigenvalue weighted by molar-refractivity contribution is 7.22. The Kier molecular flexibility index (Phi) is 9.34. The molecule has 1 aromatic carbocycles. The molecule has 0 bridgehead atoms. The molecule has 0 unspecified atom stereocenters. The number of hydrogen-bond donors (Lipinski definition) is 2. The van der Waals surface area contributed by atoms with Crippen LogP contribution in [0.25, 0.3) is 15.8 Å². The summed E-state index contributed by atoms with van der Waals surface area (Å²) >= 11 is 1.67. The van der Waals surface area contributed by atoms with Crippen molar-refractivity contribution in [2.75, 3.05) is 38.2 Å². The SMILES string of the molecule is C=C(/C=C(\C=C/N)Oc1ccc2nc(N[C@@H](C)C3CCCCC3)sc2c1)c1cnn(CCN2CCOCC2)c1. The van der Waals surface area contributed by atoms with E-state index in [0.717, 1.165) is 77.5 Å². The van der Waals surface area contributed by atoms with E-state index in [-0.39, 0.29) is 0 Å². The van der Waals surface area contributed by atoms with Gasteiger partial charge in [0.25, 0.3) is 0 Å². The first kappa shape index (κ1) is 27.4. The third-order valence-corrected chi connectivity index (χ3v) is 8.58. The van der Waals surface area contributed by atoms with Crippen LogP contribution in [0.5, 0.6) is 5.75 Å². The Morgan fingerprint density at radius 1 is 1.26 bits per heavy atom. The number of nitrogens with one attached hydrogen (secondary N) is 1. The van der Waals surface area contributed by atoms with E-state index in [9.17, 15) is 0 Å². The molecule has 0 radical (unpaired) electrons. The molecule has 1 saturated carbocycles. The maximum Gasteiger partial charge on any atom is 0.184 e. The van der Waals surface area contributed by atoms with Gasteiger partial charge in [-0.25, -0.2) is 4.98 Å². The largest absolute Gasteiger partial charge is 0.457 e. The van der Waals surface area contributed by atoms with Crippen LogP contribution in [0, 0.1) is 5.92 Å². The molecule has 208 valence electrons. The Bertz CT molecular complexity index is 1300. The van der Waals surface area contributed by atoms with Crippen molar-refractivity contribution in [2.45, 2.75) is 51.6 Å². The number of ether oxygens (including phenoxy) is 2. The number of nitrogens with two attached hydrogens (primary N) is 1. The number of morpholine rings is 1. The predicted molar refractivity (Wildman–Crippen MR) is 160 cm³/mol. The normalized spacial score (nSPS) is 18.5. The second-order valence-electron chi connectivity index (χ2n) is 10.5. The fourth-order valence-corrected chi connectivity index (χ4v) is 6.29. The molecule has 3 N–H and O–H groups in total. The van der Waals surface area contributed by atoms with Crippen LogP contribution >= 0.6 is 11.3 Å². The predicted octanol–water partition coefficient (Wildman–Crippen LogP) is 5.65. The summed E-state index contributed by atoms with van der Waals surface area (Å²) in [5.41, 5.74) is 8.46. The molecule has 0 spiro atoms. The summed E-state index contributed by atoms with van der Waals surface area (Å²) in [4.78, 5) is 7.21. The zero-order valence-electron chi connectivity index (χ0n) is 22.8. The number of anilines is 1. The minimum absolute atomic E-state index is 0.431. The van der Waals surface area contributed by atoms with Crippen LogP contribution in [0.4, 0.5) is 5.13 Å². The fraction of sp³-hybridized carbons (Fsp3) is 0.467. The lowest BCUT2D eigenvalue weighted by Gasteiger charge is -2.28. The highest BCUT2D eigenvalue weighted by Crippen LogP contribution is 2.33. The van der Waals surface area contributed by atoms with Gasteiger partial charge in [0.05, 0.1) is 36.2 Å². The number of fused-ring (bicyclic) bond motifs is 1. The minimum Gasteiger partial charge on any atom is -0.457 e. The molecule has 0 amide bonds. The van der Waals surface area contributed by atoms with E-state index < -0.39 is 0 Å². The summed E-state index contributed by atoms with van der Waals surface area (Å²) in [6.07, 6.45) is 15.6. The van der Waals surface area contributed by atoms with Gasteiger partial charge in [-0.05, 0) is 61.7 Å². The Morgan fingerprint density at radius 2 is 2.08 bits per heavy atom. The molecule has 1 aliphatic heterocycles. The monoisotopic (exact) mass is 548 g/mol. The Balaban J connectivity index is 1.22. The Labute approximate surface area is 235 Å². The number of benzene rings is 1. The van der Waals surface area contributed by atoms with E-state index in [2.05, 4.69) is 28.8 Å². The Hall–Kier alpha value is -3.14. The lowest BCUT2D eigenvalue weighted by Crippen LogP contribution is -2.38. The molecule has 1 atom stereocenters. The maximum atomic E-state index is 6.22. The molecule has 8 nitrogen and oxygen atoms in total. The summed E-state index contributed by atoms with van der Waals surface area (Å²) in [5.74, 6) is 2.07. The molecule has 2 fully saturated rings. The van der Waals surface area contributed by atoms with Gasteiger partial charge in [-0.2, -0.15) is 5.10 Å². The van der Waals surface area contributed by atoms with Crippen LogP contribution in [0.2, 0.25) is 0 Å². The van der Waals surface area contributed by atoms with Crippen LogP contribution in [0.1, 0.15) is 44.6 Å². The average Bonchev–Trinajstić information content (AvgIpc) is 3.60. The van der Waals surface area contributed by atoms with Crippen molar-refractivity contribution in [2.24, 2.45) is 11.7 Å². The minimum atomic E-state index is 0.431. The zero-order valence-corrected chi connectivity index (χ0v) is 23.7. The summed E-state index contributed by atoms with van der Waals surface area (Å²) < 4.78 is 14.7. The number of nitrogens with zero attached hydrogens (tertiary/aromatic N) is 4. The van der Waals surface area contributed by atoms with Gasteiger partial charge in [0.15, 0.2) is 5.13 Å². The van der Waals surface area contributed by atoms with Crippen molar-refractivity contribution in [3.63, 3.8) is 0 Å². The van der Waals surface area contributed by atoms with Gasteiger partial charge in [-0.1, -0.05) is 37.2 Å². The summed E-state index contributed by atoms with van der Waals surface area (Å²) in [7, 11) is 0. The molecule has 3 heterocycles. The third kappa shape index (κ3) is 7.50. The molecular formula is C30H40N6O2S. The van der Waals surface area contributed by atoms with Crippen LogP contribution in [0.15, 0.2) is 61.3 Å². The van der Waals surface area contributed by atoms with Crippen LogP contribution < -0.4 is 15.8 Å². The standard InChI is InChI=1S/C30H40N6O2S/c1-22(25-20-32-36(21-25)13-12-35-14-16-37-17-15-35)18-27(10-11-31)38-26-8-9-28-29(19-26)39-30(34-28)33-23(2)24-6-4-3-5-7-24/h8-11,18-21,23-24H,1,3-7,12-17,31H2,2H3,(H,33,34)/b11-10-,27-18+/t23-/m0/s1. The van der Waals surface area contributed by atoms with Gasteiger partial charge < -0.3 is 20.5 Å². The van der Waals surface area contributed by atoms with Crippen molar-refractivity contribution >= 4 is 32.3 Å². The summed E-state index contributed by atoms with van der Waals surface area (Å²) in [6.45, 7) is 11.9. The molecule has 1 saturated heterocycles. The number of aromatic nitrogens is 3. The van der Waals surface area contributed by atoms with Crippen LogP contribution in [-0.2, 0) is 11.3 Å². The van der Waals surface area contributed by atoms with Crippen LogP contribution in [-0.4, -0.2) is 58.6 Å². The van der Waals surface area contributed by atoms with Crippen molar-refractivity contribution in [3.8, 4) is 5.75 Å². The van der Waals surface area contributed by atoms with E-state index in [4.69, 9.17) is 20.2 Å². The number of rotatable bonds is 11. The molecule has 2 aliphatic rings. The van der Waals surface area contributed by atoms with Crippen molar-refractivity contribution in [1.29, 1.82) is 0 Å². The quantitative estimate of drug-likeness (QED) is 0.236. The van der Waals surface area contributed by atoms with Gasteiger partial charge >= 0.3 is 0 Å². The second-order valence-corrected chi connectivity index (χ2v) is 11.5. The molecular weight excluding hydrogens is 508 g/mol. The van der Waals surface area contributed by atoms with Crippen LogP contribution in [0.3, 0.4) is 0 Å². The first-order valence-corrected chi connectivity index (χ1v) is 14.9. The molecule has 3 aromatic rings. The highest BCUT2D eigenvalue weighted by atomic mass is 32.1. The van der Waals surface area contributed by atoms with E-state index in [1.807, 2.05) is 41.4 Å². The molecule has 2 aromatic heterocycles. The molecule has 5 rings (SSSR count). The summed E-state index contributed by atoms with van der Waals surface area (Å²) in [6, 6.07) is 6.42. The van der Waals surface area contributed by atoms with E-state index >= 15 is 0 Å². The van der Waals surface area contributed by atoms with Gasteiger partial charge in [0.2, 0.25) is 0 Å². The first-order valence-electron chi connectivity index (χ1n) is 14.0. The Morgan fingerprint density at radius 3 is 2.87 bits per heavy atom. The second kappa shape index (κ2) is 13.3. The molecule has 9 heteroatoms. The van der Waals surface area contributed by atoms with Crippen molar-refractivity contribution in [1.82, 2.24) is 19.7 Å². The highest BCUT2D eigenvalue weighted by Gasteiger charge is 2.21. The summed E-state index contributed by atoms with van der Waals surface area (Å²) in [5, 5.41) is 9.14. The van der Waals surface area contributed by atoms with Crippen molar-refractivity contribution in [3.05, 3.63) is 66.8 Å². The lowest BCUT2D eigenvalue weighted by molar-refractivity contribution is 0.0360. The molecule has 39 heavy (non-hydrogen) atoms. The third-order valence-electron chi connectivity index (χ3n) is 7.63. The van der Waals surface area contributed by atoms with Gasteiger partial charge in [-0.15, -0.1) is 0 Å². The van der Waals surface area contributed by atoms with E-state index in [0.29, 0.717) is 11.8 Å². The maximum absolute atomic E-state index is 6.22. The number of allylic oxidation sites excluding steroid dienone is 3. The average molecular weight is 549 g/mol. The smallest absolute Gasteiger partial charge is 0.184 e. The van der Waals surface area contributed by atoms with Crippen molar-refractivity contribution < 1.29 is 9.47 Å². The topological polar surface area (TPSA) is 90.5 Å².